The van der Waals surface area contributed by atoms with Crippen LogP contribution in [0, 0.1) is 0 Å². The molecule has 2 N–H and O–H groups in total. The summed E-state index contributed by atoms with van der Waals surface area (Å²) in [4.78, 5) is 14.2. The number of likely N-dealkylation sites (tertiary alicyclic amines) is 1. The van der Waals surface area contributed by atoms with E-state index < -0.39 is 5.60 Å². The van der Waals surface area contributed by atoms with Crippen molar-refractivity contribution in [3.05, 3.63) is 0 Å². The Morgan fingerprint density at radius 1 is 1.18 bits per heavy atom. The van der Waals surface area contributed by atoms with Gasteiger partial charge >= 0.3 is 6.09 Å². The molecule has 1 heterocycles. The van der Waals surface area contributed by atoms with E-state index in [0.717, 1.165) is 32.5 Å². The average molecular weight is 313 g/mol. The van der Waals surface area contributed by atoms with Crippen molar-refractivity contribution in [3.63, 3.8) is 0 Å². The first-order valence-corrected chi connectivity index (χ1v) is 8.48. The number of ether oxygens (including phenoxy) is 1. The molecule has 2 atom stereocenters. The summed E-state index contributed by atoms with van der Waals surface area (Å²) in [5.41, 5.74) is -0.295. The second-order valence-electron chi connectivity index (χ2n) is 8.29. The molecular formula is C17H35N3O2. The zero-order valence-electron chi connectivity index (χ0n) is 15.5. The molecule has 0 spiro atoms. The van der Waals surface area contributed by atoms with Gasteiger partial charge in [-0.1, -0.05) is 0 Å². The van der Waals surface area contributed by atoms with Gasteiger partial charge in [-0.15, -0.1) is 0 Å². The van der Waals surface area contributed by atoms with Gasteiger partial charge in [-0.25, -0.2) is 4.79 Å². The predicted molar refractivity (Wildman–Crippen MR) is 91.2 cm³/mol. The van der Waals surface area contributed by atoms with Crippen molar-refractivity contribution in [1.29, 1.82) is 0 Å². The van der Waals surface area contributed by atoms with Crippen LogP contribution in [0.3, 0.4) is 0 Å². The molecule has 0 aromatic rings. The maximum atomic E-state index is 12.3. The van der Waals surface area contributed by atoms with Crippen LogP contribution in [-0.4, -0.2) is 53.9 Å². The molecular weight excluding hydrogens is 278 g/mol. The second-order valence-corrected chi connectivity index (χ2v) is 8.29. The van der Waals surface area contributed by atoms with E-state index in [1.54, 1.807) is 0 Å². The molecule has 1 rings (SSSR count). The molecule has 5 heteroatoms. The SMILES string of the molecule is CC1C(NCCNC(C)(C)C)CCCN1C(=O)OC(C)(C)C. The summed E-state index contributed by atoms with van der Waals surface area (Å²) in [7, 11) is 0. The summed E-state index contributed by atoms with van der Waals surface area (Å²) in [5.74, 6) is 0. The summed E-state index contributed by atoms with van der Waals surface area (Å²) in [6.07, 6.45) is 1.93. The summed E-state index contributed by atoms with van der Waals surface area (Å²) < 4.78 is 5.51. The zero-order valence-corrected chi connectivity index (χ0v) is 15.5. The lowest BCUT2D eigenvalue weighted by atomic mass is 9.98. The highest BCUT2D eigenvalue weighted by Gasteiger charge is 2.33. The molecule has 0 saturated carbocycles. The highest BCUT2D eigenvalue weighted by atomic mass is 16.6. The molecule has 1 fully saturated rings. The van der Waals surface area contributed by atoms with E-state index >= 15 is 0 Å². The quantitative estimate of drug-likeness (QED) is 0.784. The molecule has 0 radical (unpaired) electrons. The van der Waals surface area contributed by atoms with Gasteiger partial charge in [0, 0.05) is 37.3 Å². The fourth-order valence-corrected chi connectivity index (χ4v) is 2.69. The summed E-state index contributed by atoms with van der Waals surface area (Å²) >= 11 is 0. The maximum absolute atomic E-state index is 12.3. The minimum Gasteiger partial charge on any atom is -0.444 e. The minimum absolute atomic E-state index is 0.141. The number of hydrogen-bond donors (Lipinski definition) is 2. The summed E-state index contributed by atoms with van der Waals surface area (Å²) in [6.45, 7) is 17.0. The van der Waals surface area contributed by atoms with Crippen LogP contribution >= 0.6 is 0 Å². The lowest BCUT2D eigenvalue weighted by Gasteiger charge is -2.40. The van der Waals surface area contributed by atoms with Gasteiger partial charge in [0.15, 0.2) is 0 Å². The Kier molecular flexibility index (Phi) is 6.68. The fraction of sp³-hybridized carbons (Fsp3) is 0.941. The van der Waals surface area contributed by atoms with Crippen LogP contribution in [-0.2, 0) is 4.74 Å². The Bertz CT molecular complexity index is 358. The molecule has 1 amide bonds. The highest BCUT2D eigenvalue weighted by Crippen LogP contribution is 2.20. The van der Waals surface area contributed by atoms with Crippen molar-refractivity contribution in [1.82, 2.24) is 15.5 Å². The minimum atomic E-state index is -0.437. The van der Waals surface area contributed by atoms with Gasteiger partial charge < -0.3 is 20.3 Å². The van der Waals surface area contributed by atoms with Gasteiger partial charge in [0.25, 0.3) is 0 Å². The number of amides is 1. The summed E-state index contributed by atoms with van der Waals surface area (Å²) in [6, 6.07) is 0.501. The number of rotatable bonds is 4. The third kappa shape index (κ3) is 6.97. The number of piperidine rings is 1. The number of nitrogens with zero attached hydrogens (tertiary/aromatic N) is 1. The van der Waals surface area contributed by atoms with E-state index in [0.29, 0.717) is 6.04 Å². The van der Waals surface area contributed by atoms with Crippen LogP contribution in [0.4, 0.5) is 4.79 Å². The molecule has 130 valence electrons. The van der Waals surface area contributed by atoms with Crippen LogP contribution in [0.15, 0.2) is 0 Å². The Morgan fingerprint density at radius 3 is 2.36 bits per heavy atom. The monoisotopic (exact) mass is 313 g/mol. The predicted octanol–water partition coefficient (Wildman–Crippen LogP) is 2.75. The normalized spacial score (nSPS) is 23.5. The number of carbonyl (C=O) groups excluding carboxylic acids is 1. The van der Waals surface area contributed by atoms with Crippen LogP contribution in [0.5, 0.6) is 0 Å². The van der Waals surface area contributed by atoms with Gasteiger partial charge in [0.2, 0.25) is 0 Å². The molecule has 0 aromatic heterocycles. The first-order chi connectivity index (χ1) is 9.99. The van der Waals surface area contributed by atoms with Crippen molar-refractivity contribution in [2.45, 2.75) is 84.5 Å². The molecule has 5 nitrogen and oxygen atoms in total. The molecule has 1 aliphatic heterocycles. The van der Waals surface area contributed by atoms with Crippen LogP contribution in [0.1, 0.15) is 61.3 Å². The Labute approximate surface area is 136 Å². The molecule has 22 heavy (non-hydrogen) atoms. The number of hydrogen-bond acceptors (Lipinski definition) is 4. The van der Waals surface area contributed by atoms with Crippen molar-refractivity contribution in [2.75, 3.05) is 19.6 Å². The van der Waals surface area contributed by atoms with E-state index in [1.165, 1.54) is 0 Å². The zero-order chi connectivity index (χ0) is 17.0. The van der Waals surface area contributed by atoms with Crippen molar-refractivity contribution in [3.8, 4) is 0 Å². The van der Waals surface area contributed by atoms with E-state index in [9.17, 15) is 4.79 Å². The largest absolute Gasteiger partial charge is 0.444 e. The van der Waals surface area contributed by atoms with E-state index in [-0.39, 0.29) is 17.7 Å². The topological polar surface area (TPSA) is 53.6 Å². The van der Waals surface area contributed by atoms with Gasteiger partial charge in [0.1, 0.15) is 5.60 Å². The van der Waals surface area contributed by atoms with Crippen molar-refractivity contribution < 1.29 is 9.53 Å². The first kappa shape index (κ1) is 19.2. The Morgan fingerprint density at radius 2 is 1.82 bits per heavy atom. The van der Waals surface area contributed by atoms with Gasteiger partial charge in [0.05, 0.1) is 0 Å². The number of carbonyl (C=O) groups is 1. The van der Waals surface area contributed by atoms with Crippen LogP contribution in [0.2, 0.25) is 0 Å². The Hall–Kier alpha value is -0.810. The van der Waals surface area contributed by atoms with Crippen molar-refractivity contribution in [2.24, 2.45) is 0 Å². The van der Waals surface area contributed by atoms with E-state index in [2.05, 4.69) is 38.3 Å². The van der Waals surface area contributed by atoms with Gasteiger partial charge in [-0.05, 0) is 61.3 Å². The fourth-order valence-electron chi connectivity index (χ4n) is 2.69. The molecule has 0 aromatic carbocycles. The number of nitrogens with one attached hydrogen (secondary N) is 2. The second kappa shape index (κ2) is 7.64. The van der Waals surface area contributed by atoms with Crippen LogP contribution < -0.4 is 10.6 Å². The Balaban J connectivity index is 2.45. The smallest absolute Gasteiger partial charge is 0.410 e. The lowest BCUT2D eigenvalue weighted by Crippen LogP contribution is -2.56. The van der Waals surface area contributed by atoms with Crippen LogP contribution in [0.25, 0.3) is 0 Å². The van der Waals surface area contributed by atoms with E-state index in [1.807, 2.05) is 25.7 Å². The first-order valence-electron chi connectivity index (χ1n) is 8.48. The molecule has 1 aliphatic rings. The average Bonchev–Trinajstić information content (AvgIpc) is 2.32. The highest BCUT2D eigenvalue weighted by molar-refractivity contribution is 5.68. The standard InChI is InChI=1S/C17H35N3O2/c1-13-14(18-10-11-19-16(2,3)4)9-8-12-20(13)15(21)22-17(5,6)7/h13-14,18-19H,8-12H2,1-7H3. The van der Waals surface area contributed by atoms with Gasteiger partial charge in [-0.2, -0.15) is 0 Å². The summed E-state index contributed by atoms with van der Waals surface area (Å²) in [5, 5.41) is 7.05. The van der Waals surface area contributed by atoms with Gasteiger partial charge in [-0.3, -0.25) is 0 Å². The third-order valence-corrected chi connectivity index (χ3v) is 3.80. The van der Waals surface area contributed by atoms with Crippen molar-refractivity contribution >= 4 is 6.09 Å². The lowest BCUT2D eigenvalue weighted by molar-refractivity contribution is 0.00713. The molecule has 2 unspecified atom stereocenters. The molecule has 0 aliphatic carbocycles. The molecule has 0 bridgehead atoms. The molecule has 1 saturated heterocycles. The third-order valence-electron chi connectivity index (χ3n) is 3.80. The maximum Gasteiger partial charge on any atom is 0.410 e. The van der Waals surface area contributed by atoms with E-state index in [4.69, 9.17) is 4.74 Å².